The molecule has 0 saturated carbocycles. The fraction of sp³-hybridized carbons (Fsp3) is 0.308. The van der Waals surface area contributed by atoms with Crippen LogP contribution < -0.4 is 10.6 Å². The number of hydrogen-bond acceptors (Lipinski definition) is 5. The minimum atomic E-state index is -0.482. The van der Waals surface area contributed by atoms with E-state index in [0.717, 1.165) is 19.4 Å². The first-order valence-corrected chi connectivity index (χ1v) is 6.36. The molecular weight excluding hydrogens is 263 g/mol. The van der Waals surface area contributed by atoms with Gasteiger partial charge in [-0.15, -0.1) is 0 Å². The maximum Gasteiger partial charge on any atom is 0.297 e. The van der Waals surface area contributed by atoms with Crippen molar-refractivity contribution in [3.05, 3.63) is 41.8 Å². The molecule has 1 aromatic carbocycles. The van der Waals surface area contributed by atoms with E-state index in [1.54, 1.807) is 0 Å². The molecule has 1 aromatic heterocycles. The van der Waals surface area contributed by atoms with Gasteiger partial charge in [0.25, 0.3) is 11.7 Å². The molecule has 1 saturated heterocycles. The second kappa shape index (κ2) is 5.38. The summed E-state index contributed by atoms with van der Waals surface area (Å²) in [5.74, 6) is -0.452. The zero-order valence-electron chi connectivity index (χ0n) is 10.6. The molecule has 2 heterocycles. The second-order valence-electron chi connectivity index (χ2n) is 4.57. The highest BCUT2D eigenvalue weighted by atomic mass is 19.1. The van der Waals surface area contributed by atoms with Gasteiger partial charge < -0.3 is 15.2 Å². The molecule has 1 unspecified atom stereocenters. The van der Waals surface area contributed by atoms with Crippen LogP contribution >= 0.6 is 0 Å². The van der Waals surface area contributed by atoms with Crippen LogP contribution in [-0.4, -0.2) is 22.6 Å². The van der Waals surface area contributed by atoms with Crippen molar-refractivity contribution in [1.82, 2.24) is 15.5 Å². The van der Waals surface area contributed by atoms with E-state index < -0.39 is 5.91 Å². The Kier molecular flexibility index (Phi) is 3.42. The summed E-state index contributed by atoms with van der Waals surface area (Å²) in [7, 11) is 0. The van der Waals surface area contributed by atoms with Crippen LogP contribution in [-0.2, 0) is 0 Å². The first-order valence-electron chi connectivity index (χ1n) is 6.36. The molecule has 2 N–H and O–H groups in total. The summed E-state index contributed by atoms with van der Waals surface area (Å²) >= 11 is 0. The van der Waals surface area contributed by atoms with Crippen LogP contribution in [0.4, 0.5) is 10.1 Å². The smallest absolute Gasteiger partial charge is 0.297 e. The zero-order chi connectivity index (χ0) is 13.9. The number of carbonyl (C=O) groups is 1. The van der Waals surface area contributed by atoms with Gasteiger partial charge in [0.15, 0.2) is 0 Å². The van der Waals surface area contributed by atoms with Crippen LogP contribution in [0, 0.1) is 5.82 Å². The highest BCUT2D eigenvalue weighted by Crippen LogP contribution is 2.21. The fourth-order valence-electron chi connectivity index (χ4n) is 2.08. The molecule has 7 heteroatoms. The molecule has 1 fully saturated rings. The topological polar surface area (TPSA) is 80.0 Å². The van der Waals surface area contributed by atoms with Crippen molar-refractivity contribution in [3.8, 4) is 0 Å². The number of nitrogens with one attached hydrogen (secondary N) is 2. The molecule has 6 nitrogen and oxygen atoms in total. The third-order valence-electron chi connectivity index (χ3n) is 3.11. The van der Waals surface area contributed by atoms with Gasteiger partial charge in [0.2, 0.25) is 5.89 Å². The SMILES string of the molecule is O=C(Nc1ccc(F)cc1)c1noc(C2CCCN2)n1. The van der Waals surface area contributed by atoms with Gasteiger partial charge in [0.1, 0.15) is 5.82 Å². The fourth-order valence-corrected chi connectivity index (χ4v) is 2.08. The summed E-state index contributed by atoms with van der Waals surface area (Å²) in [6.07, 6.45) is 1.96. The van der Waals surface area contributed by atoms with Gasteiger partial charge in [-0.05, 0) is 43.7 Å². The van der Waals surface area contributed by atoms with Gasteiger partial charge in [0.05, 0.1) is 6.04 Å². The van der Waals surface area contributed by atoms with E-state index in [4.69, 9.17) is 4.52 Å². The average molecular weight is 276 g/mol. The lowest BCUT2D eigenvalue weighted by atomic mass is 10.2. The molecule has 1 aliphatic heterocycles. The number of halogens is 1. The first kappa shape index (κ1) is 12.7. The third kappa shape index (κ3) is 2.67. The van der Waals surface area contributed by atoms with E-state index in [2.05, 4.69) is 20.8 Å². The Labute approximate surface area is 114 Å². The number of amides is 1. The van der Waals surface area contributed by atoms with Crippen molar-refractivity contribution in [2.75, 3.05) is 11.9 Å². The molecule has 0 spiro atoms. The normalized spacial score (nSPS) is 18.1. The second-order valence-corrected chi connectivity index (χ2v) is 4.57. The third-order valence-corrected chi connectivity index (χ3v) is 3.11. The number of benzene rings is 1. The number of aromatic nitrogens is 2. The van der Waals surface area contributed by atoms with Crippen LogP contribution in [0.3, 0.4) is 0 Å². The summed E-state index contributed by atoms with van der Waals surface area (Å²) in [5, 5.41) is 9.45. The van der Waals surface area contributed by atoms with Crippen molar-refractivity contribution < 1.29 is 13.7 Å². The number of rotatable bonds is 3. The Morgan fingerprint density at radius 2 is 2.20 bits per heavy atom. The number of anilines is 1. The number of carbonyl (C=O) groups excluding carboxylic acids is 1. The maximum atomic E-state index is 12.8. The monoisotopic (exact) mass is 276 g/mol. The van der Waals surface area contributed by atoms with Crippen LogP contribution in [0.15, 0.2) is 28.8 Å². The van der Waals surface area contributed by atoms with Gasteiger partial charge in [-0.25, -0.2) is 4.39 Å². The lowest BCUT2D eigenvalue weighted by Crippen LogP contribution is -2.15. The summed E-state index contributed by atoms with van der Waals surface area (Å²) < 4.78 is 17.8. The zero-order valence-corrected chi connectivity index (χ0v) is 10.6. The maximum absolute atomic E-state index is 12.8. The van der Waals surface area contributed by atoms with Crippen LogP contribution in [0.2, 0.25) is 0 Å². The van der Waals surface area contributed by atoms with Crippen molar-refractivity contribution in [2.45, 2.75) is 18.9 Å². The van der Waals surface area contributed by atoms with Gasteiger partial charge in [-0.1, -0.05) is 5.16 Å². The molecule has 1 aliphatic rings. The predicted molar refractivity (Wildman–Crippen MR) is 68.6 cm³/mol. The summed E-state index contributed by atoms with van der Waals surface area (Å²) in [6, 6.07) is 5.48. The molecule has 1 atom stereocenters. The van der Waals surface area contributed by atoms with Gasteiger partial charge in [0, 0.05) is 5.69 Å². The lowest BCUT2D eigenvalue weighted by Gasteiger charge is -2.02. The Morgan fingerprint density at radius 1 is 1.40 bits per heavy atom. The molecule has 3 rings (SSSR count). The molecular formula is C13H13FN4O2. The van der Waals surface area contributed by atoms with E-state index in [9.17, 15) is 9.18 Å². The van der Waals surface area contributed by atoms with Gasteiger partial charge in [-0.2, -0.15) is 4.98 Å². The van der Waals surface area contributed by atoms with Crippen molar-refractivity contribution in [3.63, 3.8) is 0 Å². The molecule has 0 bridgehead atoms. The van der Waals surface area contributed by atoms with Crippen LogP contribution in [0.5, 0.6) is 0 Å². The minimum absolute atomic E-state index is 0.0230. The van der Waals surface area contributed by atoms with Crippen molar-refractivity contribution in [1.29, 1.82) is 0 Å². The summed E-state index contributed by atoms with van der Waals surface area (Å²) in [5.41, 5.74) is 0.474. The van der Waals surface area contributed by atoms with Gasteiger partial charge in [-0.3, -0.25) is 4.79 Å². The Balaban J connectivity index is 1.69. The molecule has 0 radical (unpaired) electrons. The average Bonchev–Trinajstić information content (AvgIpc) is 3.11. The molecule has 0 aliphatic carbocycles. The Hall–Kier alpha value is -2.28. The van der Waals surface area contributed by atoms with Crippen LogP contribution in [0.25, 0.3) is 0 Å². The van der Waals surface area contributed by atoms with E-state index >= 15 is 0 Å². The molecule has 104 valence electrons. The molecule has 1 amide bonds. The molecule has 20 heavy (non-hydrogen) atoms. The predicted octanol–water partition coefficient (Wildman–Crippen LogP) is 1.89. The van der Waals surface area contributed by atoms with Crippen LogP contribution in [0.1, 0.15) is 35.4 Å². The van der Waals surface area contributed by atoms with E-state index in [0.29, 0.717) is 11.6 Å². The van der Waals surface area contributed by atoms with E-state index in [1.165, 1.54) is 24.3 Å². The standard InChI is InChI=1S/C13H13FN4O2/c14-8-3-5-9(6-4-8)16-12(19)11-17-13(20-18-11)10-2-1-7-15-10/h3-6,10,15H,1-2,7H2,(H,16,19). The van der Waals surface area contributed by atoms with Crippen molar-refractivity contribution in [2.24, 2.45) is 0 Å². The number of hydrogen-bond donors (Lipinski definition) is 2. The number of nitrogens with zero attached hydrogens (tertiary/aromatic N) is 2. The highest BCUT2D eigenvalue weighted by Gasteiger charge is 2.24. The largest absolute Gasteiger partial charge is 0.337 e. The Bertz CT molecular complexity index is 605. The molecule has 2 aromatic rings. The quantitative estimate of drug-likeness (QED) is 0.894. The summed E-state index contributed by atoms with van der Waals surface area (Å²) in [4.78, 5) is 16.0. The van der Waals surface area contributed by atoms with Gasteiger partial charge >= 0.3 is 0 Å². The van der Waals surface area contributed by atoms with E-state index in [-0.39, 0.29) is 17.7 Å². The first-order chi connectivity index (χ1) is 9.72. The lowest BCUT2D eigenvalue weighted by molar-refractivity contribution is 0.101. The summed E-state index contributed by atoms with van der Waals surface area (Å²) in [6.45, 7) is 0.907. The van der Waals surface area contributed by atoms with E-state index in [1.807, 2.05) is 0 Å². The Morgan fingerprint density at radius 3 is 2.90 bits per heavy atom. The minimum Gasteiger partial charge on any atom is -0.337 e. The van der Waals surface area contributed by atoms with Crippen molar-refractivity contribution >= 4 is 11.6 Å². The highest BCUT2D eigenvalue weighted by molar-refractivity contribution is 6.01.